The number of hydrogen-bond acceptors (Lipinski definition) is 6. The molecular formula is C26H35N5S. The molecule has 2 aromatic heterocycles. The number of likely N-dealkylation sites (N-methyl/N-ethyl adjacent to an activating group) is 1. The van der Waals surface area contributed by atoms with Gasteiger partial charge in [-0.1, -0.05) is 51.1 Å². The van der Waals surface area contributed by atoms with Gasteiger partial charge >= 0.3 is 0 Å². The summed E-state index contributed by atoms with van der Waals surface area (Å²) >= 11 is 1.91. The van der Waals surface area contributed by atoms with Crippen molar-refractivity contribution in [1.29, 1.82) is 0 Å². The first kappa shape index (κ1) is 21.8. The van der Waals surface area contributed by atoms with Crippen LogP contribution < -0.4 is 4.90 Å². The Hall–Kier alpha value is -2.02. The van der Waals surface area contributed by atoms with Crippen LogP contribution in [0.3, 0.4) is 0 Å². The first-order chi connectivity index (χ1) is 15.6. The number of aromatic nitrogens is 2. The fraction of sp³-hybridized carbons (Fsp3) is 0.538. The summed E-state index contributed by atoms with van der Waals surface area (Å²) in [5, 5.41) is 1.35. The summed E-state index contributed by atoms with van der Waals surface area (Å²) in [4.78, 5) is 20.6. The molecule has 0 bridgehead atoms. The van der Waals surface area contributed by atoms with Gasteiger partial charge in [0, 0.05) is 57.1 Å². The van der Waals surface area contributed by atoms with Crippen molar-refractivity contribution in [1.82, 2.24) is 19.8 Å². The second kappa shape index (κ2) is 9.46. The molecule has 0 aliphatic carbocycles. The largest absolute Gasteiger partial charge is 0.353 e. The molecule has 32 heavy (non-hydrogen) atoms. The van der Waals surface area contributed by atoms with Crippen molar-refractivity contribution in [2.24, 2.45) is 5.92 Å². The van der Waals surface area contributed by atoms with Gasteiger partial charge in [0.15, 0.2) is 0 Å². The van der Waals surface area contributed by atoms with Gasteiger partial charge in [-0.3, -0.25) is 9.80 Å². The van der Waals surface area contributed by atoms with E-state index in [0.717, 1.165) is 71.0 Å². The highest BCUT2D eigenvalue weighted by Gasteiger charge is 2.27. The molecule has 0 amide bonds. The van der Waals surface area contributed by atoms with Crippen LogP contribution in [0.25, 0.3) is 10.2 Å². The topological polar surface area (TPSA) is 35.5 Å². The zero-order valence-electron chi connectivity index (χ0n) is 19.7. The van der Waals surface area contributed by atoms with Gasteiger partial charge < -0.3 is 4.90 Å². The third-order valence-electron chi connectivity index (χ3n) is 6.77. The van der Waals surface area contributed by atoms with Gasteiger partial charge in [0.05, 0.1) is 5.39 Å². The molecule has 0 atom stereocenters. The zero-order valence-corrected chi connectivity index (χ0v) is 20.5. The Balaban J connectivity index is 1.42. The van der Waals surface area contributed by atoms with Gasteiger partial charge in [0.1, 0.15) is 16.5 Å². The van der Waals surface area contributed by atoms with E-state index in [-0.39, 0.29) is 0 Å². The SMILES string of the molecule is CCN1CCc2c(sc3nc(CC(C)C)nc(N4CCN(Cc5ccccc5)CC4)c23)C1. The molecule has 5 nitrogen and oxygen atoms in total. The number of anilines is 1. The van der Waals surface area contributed by atoms with Crippen LogP contribution >= 0.6 is 11.3 Å². The number of thiophene rings is 1. The standard InChI is InChI=1S/C26H35N5S/c1-4-29-11-10-21-22(18-29)32-26-24(21)25(27-23(28-26)16-19(2)3)31-14-12-30(13-15-31)17-20-8-6-5-7-9-20/h5-9,19H,4,10-18H2,1-3H3. The van der Waals surface area contributed by atoms with Crippen LogP contribution in [0.1, 0.15) is 42.6 Å². The molecule has 0 N–H and O–H groups in total. The molecule has 3 aromatic rings. The molecule has 6 heteroatoms. The van der Waals surface area contributed by atoms with Crippen molar-refractivity contribution in [2.75, 3.05) is 44.2 Å². The molecule has 170 valence electrons. The number of benzene rings is 1. The molecule has 2 aliphatic heterocycles. The van der Waals surface area contributed by atoms with E-state index in [4.69, 9.17) is 9.97 Å². The van der Waals surface area contributed by atoms with Crippen molar-refractivity contribution in [3.8, 4) is 0 Å². The maximum absolute atomic E-state index is 5.18. The molecule has 1 fully saturated rings. The summed E-state index contributed by atoms with van der Waals surface area (Å²) in [6.07, 6.45) is 2.07. The van der Waals surface area contributed by atoms with Crippen LogP contribution in [0.4, 0.5) is 5.82 Å². The summed E-state index contributed by atoms with van der Waals surface area (Å²) in [7, 11) is 0. The fourth-order valence-corrected chi connectivity index (χ4v) is 6.26. The molecule has 0 saturated carbocycles. The van der Waals surface area contributed by atoms with Crippen molar-refractivity contribution < 1.29 is 0 Å². The Morgan fingerprint density at radius 2 is 1.75 bits per heavy atom. The second-order valence-corrected chi connectivity index (χ2v) is 10.7. The van der Waals surface area contributed by atoms with Crippen LogP contribution in [0.15, 0.2) is 30.3 Å². The summed E-state index contributed by atoms with van der Waals surface area (Å²) < 4.78 is 0. The lowest BCUT2D eigenvalue weighted by Gasteiger charge is -2.36. The lowest BCUT2D eigenvalue weighted by molar-refractivity contribution is 0.249. The predicted molar refractivity (Wildman–Crippen MR) is 135 cm³/mol. The number of fused-ring (bicyclic) bond motifs is 3. The molecule has 2 aliphatic rings. The molecule has 1 aromatic carbocycles. The third kappa shape index (κ3) is 4.54. The lowest BCUT2D eigenvalue weighted by Crippen LogP contribution is -2.46. The van der Waals surface area contributed by atoms with Crippen LogP contribution in [0, 0.1) is 5.92 Å². The summed E-state index contributed by atoms with van der Waals surface area (Å²) in [5.74, 6) is 2.78. The highest BCUT2D eigenvalue weighted by molar-refractivity contribution is 7.19. The van der Waals surface area contributed by atoms with Gasteiger partial charge in [-0.15, -0.1) is 11.3 Å². The minimum Gasteiger partial charge on any atom is -0.353 e. The van der Waals surface area contributed by atoms with Crippen LogP contribution in [0.2, 0.25) is 0 Å². The Labute approximate surface area is 196 Å². The van der Waals surface area contributed by atoms with E-state index < -0.39 is 0 Å². The average Bonchev–Trinajstić information content (AvgIpc) is 3.16. The first-order valence-corrected chi connectivity index (χ1v) is 13.0. The quantitative estimate of drug-likeness (QED) is 0.550. The highest BCUT2D eigenvalue weighted by atomic mass is 32.1. The van der Waals surface area contributed by atoms with Crippen molar-refractivity contribution in [2.45, 2.75) is 46.7 Å². The molecule has 4 heterocycles. The monoisotopic (exact) mass is 449 g/mol. The van der Waals surface area contributed by atoms with Gasteiger partial charge in [-0.2, -0.15) is 0 Å². The Bertz CT molecular complexity index is 1050. The maximum atomic E-state index is 5.18. The second-order valence-electron chi connectivity index (χ2n) is 9.61. The van der Waals surface area contributed by atoms with Crippen LogP contribution in [-0.4, -0.2) is 59.0 Å². The first-order valence-electron chi connectivity index (χ1n) is 12.2. The van der Waals surface area contributed by atoms with E-state index in [0.29, 0.717) is 5.92 Å². The normalized spacial score (nSPS) is 17.9. The number of rotatable bonds is 6. The predicted octanol–water partition coefficient (Wildman–Crippen LogP) is 4.59. The molecular weight excluding hydrogens is 414 g/mol. The molecule has 0 radical (unpaired) electrons. The summed E-state index contributed by atoms with van der Waals surface area (Å²) in [6.45, 7) is 15.4. The van der Waals surface area contributed by atoms with Gasteiger partial charge in [-0.05, 0) is 30.0 Å². The van der Waals surface area contributed by atoms with E-state index in [1.165, 1.54) is 32.0 Å². The Kier molecular flexibility index (Phi) is 6.44. The van der Waals surface area contributed by atoms with E-state index in [9.17, 15) is 0 Å². The average molecular weight is 450 g/mol. The highest BCUT2D eigenvalue weighted by Crippen LogP contribution is 2.39. The number of hydrogen-bond donors (Lipinski definition) is 0. The minimum atomic E-state index is 0.563. The van der Waals surface area contributed by atoms with Crippen molar-refractivity contribution >= 4 is 27.4 Å². The summed E-state index contributed by atoms with van der Waals surface area (Å²) in [6, 6.07) is 10.8. The third-order valence-corrected chi connectivity index (χ3v) is 7.88. The molecule has 5 rings (SSSR count). The Morgan fingerprint density at radius 1 is 0.969 bits per heavy atom. The fourth-order valence-electron chi connectivity index (χ4n) is 4.99. The molecule has 0 unspecified atom stereocenters. The zero-order chi connectivity index (χ0) is 22.1. The van der Waals surface area contributed by atoms with E-state index in [2.05, 4.69) is 65.8 Å². The van der Waals surface area contributed by atoms with E-state index in [1.807, 2.05) is 11.3 Å². The van der Waals surface area contributed by atoms with Crippen molar-refractivity contribution in [3.05, 3.63) is 52.2 Å². The van der Waals surface area contributed by atoms with E-state index in [1.54, 1.807) is 0 Å². The summed E-state index contributed by atoms with van der Waals surface area (Å²) in [5.41, 5.74) is 2.92. The lowest BCUT2D eigenvalue weighted by atomic mass is 10.0. The molecule has 0 spiro atoms. The van der Waals surface area contributed by atoms with Gasteiger partial charge in [-0.25, -0.2) is 9.97 Å². The van der Waals surface area contributed by atoms with Crippen LogP contribution in [-0.2, 0) is 25.9 Å². The van der Waals surface area contributed by atoms with Crippen LogP contribution in [0.5, 0.6) is 0 Å². The maximum Gasteiger partial charge on any atom is 0.141 e. The molecule has 1 saturated heterocycles. The van der Waals surface area contributed by atoms with E-state index >= 15 is 0 Å². The van der Waals surface area contributed by atoms with Gasteiger partial charge in [0.25, 0.3) is 0 Å². The minimum absolute atomic E-state index is 0.563. The van der Waals surface area contributed by atoms with Crippen molar-refractivity contribution in [3.63, 3.8) is 0 Å². The number of nitrogens with zero attached hydrogens (tertiary/aromatic N) is 5. The number of piperazine rings is 1. The smallest absolute Gasteiger partial charge is 0.141 e. The van der Waals surface area contributed by atoms with Gasteiger partial charge in [0.2, 0.25) is 0 Å². The Morgan fingerprint density at radius 3 is 2.47 bits per heavy atom.